The first-order chi connectivity index (χ1) is 7.70. The van der Waals surface area contributed by atoms with Crippen molar-refractivity contribution in [2.75, 3.05) is 0 Å². The van der Waals surface area contributed by atoms with Crippen molar-refractivity contribution in [2.24, 2.45) is 17.6 Å². The van der Waals surface area contributed by atoms with Gasteiger partial charge >= 0.3 is 0 Å². The molecule has 1 aliphatic rings. The highest BCUT2D eigenvalue weighted by Gasteiger charge is 2.25. The average molecular weight is 243 g/mol. The minimum atomic E-state index is -0.0493. The highest BCUT2D eigenvalue weighted by Crippen LogP contribution is 2.30. The molecule has 1 rings (SSSR count). The number of hydrogen-bond donors (Lipinski definition) is 2. The topological polar surface area (TPSA) is 69.1 Å². The number of ketones is 1. The van der Waals surface area contributed by atoms with Crippen molar-refractivity contribution in [3.8, 4) is 0 Å². The SMILES string of the molecule is C=C/C(Cl)=C(\C=C)C1CCCCC1=O.NN. The van der Waals surface area contributed by atoms with Gasteiger partial charge in [-0.15, -0.1) is 0 Å². The van der Waals surface area contributed by atoms with Gasteiger partial charge in [0, 0.05) is 17.4 Å². The average Bonchev–Trinajstić information content (AvgIpc) is 2.34. The maximum absolute atomic E-state index is 11.6. The van der Waals surface area contributed by atoms with Gasteiger partial charge in [0.25, 0.3) is 0 Å². The van der Waals surface area contributed by atoms with E-state index in [9.17, 15) is 4.79 Å². The van der Waals surface area contributed by atoms with E-state index in [0.29, 0.717) is 11.5 Å². The Bertz CT molecular complexity index is 297. The summed E-state index contributed by atoms with van der Waals surface area (Å²) in [7, 11) is 0. The maximum Gasteiger partial charge on any atom is 0.140 e. The van der Waals surface area contributed by atoms with Crippen molar-refractivity contribution in [1.82, 2.24) is 0 Å². The number of Topliss-reactive ketones (excluding diaryl/α,β-unsaturated/α-hetero) is 1. The molecule has 0 spiro atoms. The van der Waals surface area contributed by atoms with E-state index in [-0.39, 0.29) is 11.7 Å². The van der Waals surface area contributed by atoms with E-state index >= 15 is 0 Å². The van der Waals surface area contributed by atoms with Crippen LogP contribution in [0.25, 0.3) is 0 Å². The first-order valence-electron chi connectivity index (χ1n) is 5.21. The fourth-order valence-corrected chi connectivity index (χ4v) is 2.04. The molecule has 0 aromatic rings. The highest BCUT2D eigenvalue weighted by atomic mass is 35.5. The van der Waals surface area contributed by atoms with Crippen molar-refractivity contribution in [2.45, 2.75) is 25.7 Å². The van der Waals surface area contributed by atoms with Gasteiger partial charge in [-0.2, -0.15) is 0 Å². The van der Waals surface area contributed by atoms with E-state index in [1.54, 1.807) is 12.2 Å². The third kappa shape index (κ3) is 3.93. The maximum atomic E-state index is 11.6. The lowest BCUT2D eigenvalue weighted by molar-refractivity contribution is -0.123. The number of allylic oxidation sites excluding steroid dienone is 4. The Labute approximate surface area is 102 Å². The molecule has 0 aromatic heterocycles. The molecule has 0 heterocycles. The smallest absolute Gasteiger partial charge is 0.140 e. The van der Waals surface area contributed by atoms with Crippen LogP contribution in [-0.2, 0) is 4.79 Å². The first-order valence-corrected chi connectivity index (χ1v) is 5.59. The first kappa shape index (κ1) is 15.1. The Kier molecular flexibility index (Phi) is 7.81. The van der Waals surface area contributed by atoms with E-state index < -0.39 is 0 Å². The van der Waals surface area contributed by atoms with Crippen molar-refractivity contribution in [1.29, 1.82) is 0 Å². The van der Waals surface area contributed by atoms with Crippen LogP contribution in [0.4, 0.5) is 0 Å². The van der Waals surface area contributed by atoms with Crippen molar-refractivity contribution < 1.29 is 4.79 Å². The number of rotatable bonds is 3. The summed E-state index contributed by atoms with van der Waals surface area (Å²) in [5, 5.41) is 0.556. The Morgan fingerprint density at radius 2 is 1.94 bits per heavy atom. The zero-order valence-electron chi connectivity index (χ0n) is 9.42. The van der Waals surface area contributed by atoms with Crippen LogP contribution >= 0.6 is 11.6 Å². The molecule has 0 saturated heterocycles. The van der Waals surface area contributed by atoms with Crippen LogP contribution in [0.2, 0.25) is 0 Å². The molecule has 0 amide bonds. The largest absolute Gasteiger partial charge is 0.299 e. The molecule has 1 fully saturated rings. The summed E-state index contributed by atoms with van der Waals surface area (Å²) >= 11 is 5.97. The molecule has 3 nitrogen and oxygen atoms in total. The number of carbonyl (C=O) groups excluding carboxylic acids is 1. The molecular formula is C12H19ClN2O. The number of halogens is 1. The van der Waals surface area contributed by atoms with Crippen LogP contribution in [0.15, 0.2) is 35.9 Å². The highest BCUT2D eigenvalue weighted by molar-refractivity contribution is 6.31. The predicted octanol–water partition coefficient (Wildman–Crippen LogP) is 2.43. The van der Waals surface area contributed by atoms with E-state index in [1.807, 2.05) is 0 Å². The standard InChI is InChI=1S/C12H15ClO.H4N2/c1-3-9(11(13)4-2)10-7-5-6-8-12(10)14;1-2/h3-4,10H,1-2,5-8H2;1-2H2/b11-9-;. The lowest BCUT2D eigenvalue weighted by atomic mass is 9.82. The van der Waals surface area contributed by atoms with E-state index in [1.165, 1.54) is 0 Å². The van der Waals surface area contributed by atoms with Crippen LogP contribution in [0, 0.1) is 5.92 Å². The molecule has 4 heteroatoms. The normalized spacial score (nSPS) is 21.4. The summed E-state index contributed by atoms with van der Waals surface area (Å²) in [4.78, 5) is 11.6. The van der Waals surface area contributed by atoms with E-state index in [2.05, 4.69) is 24.8 Å². The number of hydrazine groups is 1. The van der Waals surface area contributed by atoms with E-state index in [0.717, 1.165) is 24.8 Å². The second-order valence-corrected chi connectivity index (χ2v) is 3.88. The number of nitrogens with two attached hydrogens (primary N) is 2. The molecule has 0 radical (unpaired) electrons. The van der Waals surface area contributed by atoms with Gasteiger partial charge in [0.1, 0.15) is 5.78 Å². The Hall–Kier alpha value is -0.900. The summed E-state index contributed by atoms with van der Waals surface area (Å²) < 4.78 is 0. The fraction of sp³-hybridized carbons (Fsp3) is 0.417. The molecule has 16 heavy (non-hydrogen) atoms. The van der Waals surface area contributed by atoms with Gasteiger partial charge in [-0.05, 0) is 18.4 Å². The summed E-state index contributed by atoms with van der Waals surface area (Å²) in [5.41, 5.74) is 0.839. The van der Waals surface area contributed by atoms with Gasteiger partial charge in [-0.25, -0.2) is 0 Å². The van der Waals surface area contributed by atoms with Crippen LogP contribution < -0.4 is 11.7 Å². The van der Waals surface area contributed by atoms with Gasteiger partial charge < -0.3 is 0 Å². The van der Waals surface area contributed by atoms with Gasteiger partial charge in [0.2, 0.25) is 0 Å². The summed E-state index contributed by atoms with van der Waals surface area (Å²) in [6.45, 7) is 7.30. The number of hydrogen-bond acceptors (Lipinski definition) is 3. The van der Waals surface area contributed by atoms with Crippen LogP contribution in [-0.4, -0.2) is 5.78 Å². The van der Waals surface area contributed by atoms with E-state index in [4.69, 9.17) is 11.6 Å². The minimum Gasteiger partial charge on any atom is -0.299 e. The van der Waals surface area contributed by atoms with Crippen LogP contribution in [0.1, 0.15) is 25.7 Å². The van der Waals surface area contributed by atoms with Crippen molar-refractivity contribution in [3.05, 3.63) is 35.9 Å². The molecule has 0 bridgehead atoms. The third-order valence-electron chi connectivity index (χ3n) is 2.60. The van der Waals surface area contributed by atoms with Crippen molar-refractivity contribution in [3.63, 3.8) is 0 Å². The predicted molar refractivity (Wildman–Crippen MR) is 68.6 cm³/mol. The lowest BCUT2D eigenvalue weighted by Crippen LogP contribution is -2.20. The van der Waals surface area contributed by atoms with Gasteiger partial charge in [0.15, 0.2) is 0 Å². The Morgan fingerprint density at radius 3 is 2.38 bits per heavy atom. The fourth-order valence-electron chi connectivity index (χ4n) is 1.84. The quantitative estimate of drug-likeness (QED) is 0.454. The second kappa shape index (κ2) is 8.28. The molecule has 1 atom stereocenters. The summed E-state index contributed by atoms with van der Waals surface area (Å²) in [6.07, 6.45) is 6.91. The zero-order valence-corrected chi connectivity index (χ0v) is 10.2. The molecule has 1 aliphatic carbocycles. The monoisotopic (exact) mass is 242 g/mol. The molecule has 1 unspecified atom stereocenters. The lowest BCUT2D eigenvalue weighted by Gasteiger charge is -2.22. The summed E-state index contributed by atoms with van der Waals surface area (Å²) in [5.74, 6) is 8.23. The summed E-state index contributed by atoms with van der Waals surface area (Å²) in [6, 6.07) is 0. The van der Waals surface area contributed by atoms with Crippen LogP contribution in [0.3, 0.4) is 0 Å². The molecule has 0 aromatic carbocycles. The third-order valence-corrected chi connectivity index (χ3v) is 2.98. The number of carbonyl (C=O) groups is 1. The molecular weight excluding hydrogens is 224 g/mol. The van der Waals surface area contributed by atoms with Crippen LogP contribution in [0.5, 0.6) is 0 Å². The molecule has 90 valence electrons. The van der Waals surface area contributed by atoms with Gasteiger partial charge in [0.05, 0.1) is 0 Å². The van der Waals surface area contributed by atoms with Gasteiger partial charge in [-0.1, -0.05) is 43.3 Å². The Balaban J connectivity index is 0.00000106. The zero-order chi connectivity index (χ0) is 12.6. The van der Waals surface area contributed by atoms with Gasteiger partial charge in [-0.3, -0.25) is 16.5 Å². The molecule has 0 aliphatic heterocycles. The second-order valence-electron chi connectivity index (χ2n) is 3.48. The molecule has 1 saturated carbocycles. The Morgan fingerprint density at radius 1 is 1.31 bits per heavy atom. The minimum absolute atomic E-state index is 0.0493. The molecule has 4 N–H and O–H groups in total. The van der Waals surface area contributed by atoms with Crippen molar-refractivity contribution >= 4 is 17.4 Å².